The van der Waals surface area contributed by atoms with Gasteiger partial charge in [0.05, 0.1) is 28.5 Å². The lowest BCUT2D eigenvalue weighted by atomic mass is 10.00. The highest BCUT2D eigenvalue weighted by molar-refractivity contribution is 5.93. The zero-order valence-electron chi connectivity index (χ0n) is 14.8. The molecule has 0 spiro atoms. The molecule has 10 N–H and O–H groups in total. The van der Waals surface area contributed by atoms with Gasteiger partial charge in [0.15, 0.2) is 23.0 Å². The Morgan fingerprint density at radius 3 is 1.75 bits per heavy atom. The molecular formula is C20H20N4O4. The van der Waals surface area contributed by atoms with Crippen molar-refractivity contribution in [2.24, 2.45) is 11.5 Å². The number of hydrogen-bond donors (Lipinski definition) is 8. The highest BCUT2D eigenvalue weighted by atomic mass is 16.3. The molecule has 0 saturated carbocycles. The Labute approximate surface area is 161 Å². The second-order valence-electron chi connectivity index (χ2n) is 6.02. The molecule has 28 heavy (non-hydrogen) atoms. The van der Waals surface area contributed by atoms with Crippen LogP contribution in [0.15, 0.2) is 72.3 Å². The van der Waals surface area contributed by atoms with E-state index >= 15 is 0 Å². The smallest absolute Gasteiger partial charge is 0.158 e. The Morgan fingerprint density at radius 1 is 0.821 bits per heavy atom. The normalized spacial score (nSPS) is 17.1. The fourth-order valence-electron chi connectivity index (χ4n) is 2.76. The lowest BCUT2D eigenvalue weighted by Crippen LogP contribution is -2.33. The van der Waals surface area contributed by atoms with Crippen molar-refractivity contribution in [3.63, 3.8) is 0 Å². The number of nitrogens with one attached hydrogen (secondary N) is 2. The van der Waals surface area contributed by atoms with E-state index < -0.39 is 0 Å². The van der Waals surface area contributed by atoms with E-state index in [1.54, 1.807) is 12.1 Å². The summed E-state index contributed by atoms with van der Waals surface area (Å²) in [6.07, 6.45) is 2.78. The fraction of sp³-hybridized carbons (Fsp3) is 0. The van der Waals surface area contributed by atoms with Crippen molar-refractivity contribution in [3.05, 3.63) is 83.5 Å². The molecule has 0 fully saturated rings. The van der Waals surface area contributed by atoms with E-state index in [1.807, 2.05) is 0 Å². The predicted octanol–water partition coefficient (Wildman–Crippen LogP) is 1.68. The topological polar surface area (TPSA) is 157 Å². The third-order valence-corrected chi connectivity index (χ3v) is 4.23. The average Bonchev–Trinajstić information content (AvgIpc) is 2.70. The molecule has 0 amide bonds. The largest absolute Gasteiger partial charge is 0.504 e. The molecule has 3 rings (SSSR count). The number of phenolic OH excluding ortho intramolecular Hbond substituents is 4. The van der Waals surface area contributed by atoms with Crippen LogP contribution in [0.4, 0.5) is 0 Å². The Hall–Kier alpha value is -4.20. The van der Waals surface area contributed by atoms with Crippen LogP contribution in [0.1, 0.15) is 11.1 Å². The third kappa shape index (κ3) is 3.26. The van der Waals surface area contributed by atoms with E-state index in [0.29, 0.717) is 39.6 Å². The van der Waals surface area contributed by atoms with E-state index in [9.17, 15) is 20.4 Å². The molecule has 0 unspecified atom stereocenters. The fourth-order valence-corrected chi connectivity index (χ4v) is 2.76. The van der Waals surface area contributed by atoms with Gasteiger partial charge in [0.2, 0.25) is 0 Å². The van der Waals surface area contributed by atoms with Gasteiger partial charge in [-0.2, -0.15) is 0 Å². The van der Waals surface area contributed by atoms with Gasteiger partial charge in [0.25, 0.3) is 0 Å². The molecule has 2 aromatic carbocycles. The number of rotatable bonds is 3. The summed E-state index contributed by atoms with van der Waals surface area (Å²) in [7, 11) is 0. The van der Waals surface area contributed by atoms with Crippen LogP contribution in [0, 0.1) is 0 Å². The summed E-state index contributed by atoms with van der Waals surface area (Å²) < 4.78 is 0. The van der Waals surface area contributed by atoms with Gasteiger partial charge in [-0.25, -0.2) is 0 Å². The molecule has 8 nitrogen and oxygen atoms in total. The Balaban J connectivity index is 2.28. The number of nitrogens with two attached hydrogens (primary N) is 2. The van der Waals surface area contributed by atoms with Gasteiger partial charge in [-0.15, -0.1) is 0 Å². The van der Waals surface area contributed by atoms with Crippen molar-refractivity contribution >= 4 is 11.4 Å². The van der Waals surface area contributed by atoms with Gasteiger partial charge in [-0.05, 0) is 42.5 Å². The minimum Gasteiger partial charge on any atom is -0.504 e. The zero-order valence-corrected chi connectivity index (χ0v) is 14.8. The first-order valence-electron chi connectivity index (χ1n) is 8.23. The number of aromatic hydroxyl groups is 4. The summed E-state index contributed by atoms with van der Waals surface area (Å²) in [5.74, 6) is -1.13. The molecule has 0 aliphatic carbocycles. The lowest BCUT2D eigenvalue weighted by Gasteiger charge is -2.29. The standard InChI is InChI=1S/C20H20N4O4/c1-2-12(22)20-13(9-21)23-18(10-3-5-14(25)16(27)7-10)19(24-20)11-4-6-15(26)17(28)8-11/h2-9,23-28H,1,21-22H2/b13-9+,20-12-. The van der Waals surface area contributed by atoms with E-state index in [2.05, 4.69) is 17.2 Å². The minimum absolute atomic E-state index is 0.261. The maximum absolute atomic E-state index is 9.91. The number of allylic oxidation sites excluding steroid dienone is 1. The van der Waals surface area contributed by atoms with Crippen LogP contribution < -0.4 is 22.1 Å². The predicted molar refractivity (Wildman–Crippen MR) is 106 cm³/mol. The molecule has 144 valence electrons. The van der Waals surface area contributed by atoms with Gasteiger partial charge in [-0.3, -0.25) is 0 Å². The highest BCUT2D eigenvalue weighted by Gasteiger charge is 2.24. The van der Waals surface area contributed by atoms with Crippen LogP contribution in [0.3, 0.4) is 0 Å². The molecule has 0 atom stereocenters. The van der Waals surface area contributed by atoms with E-state index in [4.69, 9.17) is 11.5 Å². The summed E-state index contributed by atoms with van der Waals surface area (Å²) >= 11 is 0. The lowest BCUT2D eigenvalue weighted by molar-refractivity contribution is 0.403. The van der Waals surface area contributed by atoms with Crippen LogP contribution in [0.25, 0.3) is 11.4 Å². The molecule has 0 bridgehead atoms. The van der Waals surface area contributed by atoms with Crippen molar-refractivity contribution in [1.29, 1.82) is 0 Å². The molecule has 1 aliphatic rings. The van der Waals surface area contributed by atoms with Crippen LogP contribution >= 0.6 is 0 Å². The maximum Gasteiger partial charge on any atom is 0.158 e. The summed E-state index contributed by atoms with van der Waals surface area (Å²) in [5, 5.41) is 45.3. The summed E-state index contributed by atoms with van der Waals surface area (Å²) in [5.41, 5.74) is 15.1. The van der Waals surface area contributed by atoms with E-state index in [0.717, 1.165) is 0 Å². The average molecular weight is 380 g/mol. The van der Waals surface area contributed by atoms with Crippen LogP contribution in [0.5, 0.6) is 23.0 Å². The molecule has 8 heteroatoms. The molecule has 0 radical (unpaired) electrons. The van der Waals surface area contributed by atoms with Gasteiger partial charge in [-0.1, -0.05) is 6.58 Å². The van der Waals surface area contributed by atoms with Crippen molar-refractivity contribution in [2.75, 3.05) is 0 Å². The van der Waals surface area contributed by atoms with Crippen LogP contribution in [0.2, 0.25) is 0 Å². The summed E-state index contributed by atoms with van der Waals surface area (Å²) in [4.78, 5) is 0. The van der Waals surface area contributed by atoms with Crippen molar-refractivity contribution in [2.45, 2.75) is 0 Å². The van der Waals surface area contributed by atoms with Crippen molar-refractivity contribution in [1.82, 2.24) is 10.6 Å². The molecule has 1 aliphatic heterocycles. The van der Waals surface area contributed by atoms with Gasteiger partial charge in [0, 0.05) is 17.3 Å². The summed E-state index contributed by atoms with van der Waals surface area (Å²) in [6, 6.07) is 8.63. The Bertz CT molecular complexity index is 1050. The first-order valence-corrected chi connectivity index (χ1v) is 8.23. The first kappa shape index (κ1) is 18.6. The van der Waals surface area contributed by atoms with Gasteiger partial charge in [0.1, 0.15) is 0 Å². The SMILES string of the molecule is C=C/C(N)=C1/NC(c2ccc(O)c(O)c2)=C(c2ccc(O)c(O)c2)N/C1=C/N. The van der Waals surface area contributed by atoms with Crippen molar-refractivity contribution < 1.29 is 20.4 Å². The molecular weight excluding hydrogens is 360 g/mol. The van der Waals surface area contributed by atoms with Crippen LogP contribution in [-0.4, -0.2) is 20.4 Å². The zero-order chi connectivity index (χ0) is 20.4. The second kappa shape index (κ2) is 7.20. The summed E-state index contributed by atoms with van der Waals surface area (Å²) in [6.45, 7) is 3.66. The number of benzene rings is 2. The maximum atomic E-state index is 9.91. The monoisotopic (exact) mass is 380 g/mol. The molecule has 2 aromatic rings. The van der Waals surface area contributed by atoms with Crippen molar-refractivity contribution in [3.8, 4) is 23.0 Å². The first-order chi connectivity index (χ1) is 13.3. The van der Waals surface area contributed by atoms with E-state index in [1.165, 1.54) is 36.5 Å². The number of hydrogen-bond acceptors (Lipinski definition) is 8. The number of phenols is 4. The highest BCUT2D eigenvalue weighted by Crippen LogP contribution is 2.36. The second-order valence-corrected chi connectivity index (χ2v) is 6.02. The van der Waals surface area contributed by atoms with E-state index in [-0.39, 0.29) is 23.0 Å². The molecule has 0 saturated heterocycles. The minimum atomic E-state index is -0.304. The molecule has 1 heterocycles. The Kier molecular flexibility index (Phi) is 4.78. The van der Waals surface area contributed by atoms with Gasteiger partial charge >= 0.3 is 0 Å². The quantitative estimate of drug-likeness (QED) is 0.374. The molecule has 0 aromatic heterocycles. The van der Waals surface area contributed by atoms with Gasteiger partial charge < -0.3 is 42.5 Å². The van der Waals surface area contributed by atoms with Crippen LogP contribution in [-0.2, 0) is 0 Å². The Morgan fingerprint density at radius 2 is 1.32 bits per heavy atom. The third-order valence-electron chi connectivity index (χ3n) is 4.23.